The number of aromatic nitrogens is 3. The van der Waals surface area contributed by atoms with Gasteiger partial charge in [0.2, 0.25) is 0 Å². The van der Waals surface area contributed by atoms with Crippen LogP contribution in [-0.4, -0.2) is 26.4 Å². The summed E-state index contributed by atoms with van der Waals surface area (Å²) in [4.78, 5) is 18.6. The van der Waals surface area contributed by atoms with E-state index in [9.17, 15) is 4.39 Å². The van der Waals surface area contributed by atoms with E-state index in [1.54, 1.807) is 34.8 Å². The second-order valence-corrected chi connectivity index (χ2v) is 8.81. The average Bonchev–Trinajstić information content (AvgIpc) is 3.41. The van der Waals surface area contributed by atoms with Gasteiger partial charge in [-0.1, -0.05) is 6.07 Å². The Morgan fingerprint density at radius 2 is 1.96 bits per heavy atom. The van der Waals surface area contributed by atoms with Crippen LogP contribution in [0.1, 0.15) is 16.1 Å². The number of benzene rings is 1. The van der Waals surface area contributed by atoms with Gasteiger partial charge in [-0.05, 0) is 35.7 Å². The second kappa shape index (κ2) is 7.50. The van der Waals surface area contributed by atoms with E-state index in [2.05, 4.69) is 26.3 Å². The summed E-state index contributed by atoms with van der Waals surface area (Å²) >= 11 is 3.33. The highest BCUT2D eigenvalue weighted by atomic mass is 32.1. The first-order valence-electron chi connectivity index (χ1n) is 9.06. The summed E-state index contributed by atoms with van der Waals surface area (Å²) in [7, 11) is 0. The van der Waals surface area contributed by atoms with Crippen LogP contribution in [-0.2, 0) is 19.5 Å². The third-order valence-corrected chi connectivity index (χ3v) is 6.68. The van der Waals surface area contributed by atoms with Crippen LogP contribution in [0.15, 0.2) is 54.2 Å². The number of rotatable bonds is 4. The standard InChI is InChI=1S/C21H17FN4S2/c22-16-5-3-14(4-6-16)21-24-11-17(28-21)13-26-8-7-18-15(12-26)10-23-20(25-18)19-2-1-9-27-19/h1-6,9-11H,7-8,12-13H2. The third kappa shape index (κ3) is 3.61. The van der Waals surface area contributed by atoms with Crippen LogP contribution in [0.25, 0.3) is 21.3 Å². The first kappa shape index (κ1) is 17.6. The van der Waals surface area contributed by atoms with Crippen LogP contribution in [0, 0.1) is 5.82 Å². The van der Waals surface area contributed by atoms with Crippen LogP contribution in [0.4, 0.5) is 4.39 Å². The topological polar surface area (TPSA) is 41.9 Å². The predicted octanol–water partition coefficient (Wildman–Crippen LogP) is 5.03. The Morgan fingerprint density at radius 3 is 2.79 bits per heavy atom. The fourth-order valence-electron chi connectivity index (χ4n) is 3.36. The predicted molar refractivity (Wildman–Crippen MR) is 111 cm³/mol. The molecule has 0 fully saturated rings. The van der Waals surface area contributed by atoms with Gasteiger partial charge >= 0.3 is 0 Å². The number of thiophene rings is 1. The lowest BCUT2D eigenvalue weighted by Gasteiger charge is -2.27. The van der Waals surface area contributed by atoms with Crippen LogP contribution in [0.5, 0.6) is 0 Å². The molecule has 0 saturated heterocycles. The third-order valence-electron chi connectivity index (χ3n) is 4.78. The van der Waals surface area contributed by atoms with Gasteiger partial charge in [-0.3, -0.25) is 4.90 Å². The van der Waals surface area contributed by atoms with Gasteiger partial charge in [0.25, 0.3) is 0 Å². The van der Waals surface area contributed by atoms with Crippen molar-refractivity contribution in [3.63, 3.8) is 0 Å². The van der Waals surface area contributed by atoms with Crippen molar-refractivity contribution in [1.82, 2.24) is 19.9 Å². The summed E-state index contributed by atoms with van der Waals surface area (Å²) in [5.74, 6) is 0.602. The lowest BCUT2D eigenvalue weighted by atomic mass is 10.1. The molecule has 1 aliphatic heterocycles. The van der Waals surface area contributed by atoms with Gasteiger partial charge in [0.1, 0.15) is 10.8 Å². The van der Waals surface area contributed by atoms with Gasteiger partial charge < -0.3 is 0 Å². The smallest absolute Gasteiger partial charge is 0.169 e. The van der Waals surface area contributed by atoms with Crippen LogP contribution < -0.4 is 0 Å². The van der Waals surface area contributed by atoms with E-state index < -0.39 is 0 Å². The molecule has 0 saturated carbocycles. The quantitative estimate of drug-likeness (QED) is 0.475. The van der Waals surface area contributed by atoms with Gasteiger partial charge in [-0.15, -0.1) is 22.7 Å². The maximum absolute atomic E-state index is 13.1. The largest absolute Gasteiger partial charge is 0.293 e. The normalized spacial score (nSPS) is 14.2. The summed E-state index contributed by atoms with van der Waals surface area (Å²) in [6.45, 7) is 2.67. The molecule has 0 aliphatic carbocycles. The van der Waals surface area contributed by atoms with E-state index in [1.165, 1.54) is 22.6 Å². The van der Waals surface area contributed by atoms with Gasteiger partial charge in [0.15, 0.2) is 5.82 Å². The highest BCUT2D eigenvalue weighted by Gasteiger charge is 2.20. The Kier molecular flexibility index (Phi) is 4.72. The first-order chi connectivity index (χ1) is 13.7. The summed E-state index contributed by atoms with van der Waals surface area (Å²) < 4.78 is 13.1. The zero-order valence-electron chi connectivity index (χ0n) is 15.0. The van der Waals surface area contributed by atoms with Gasteiger partial charge in [-0.2, -0.15) is 0 Å². The molecule has 0 atom stereocenters. The van der Waals surface area contributed by atoms with E-state index in [-0.39, 0.29) is 5.82 Å². The summed E-state index contributed by atoms with van der Waals surface area (Å²) in [5, 5.41) is 2.98. The van der Waals surface area contributed by atoms with Crippen molar-refractivity contribution >= 4 is 22.7 Å². The van der Waals surface area contributed by atoms with Gasteiger partial charge in [0, 0.05) is 54.5 Å². The van der Waals surface area contributed by atoms with E-state index in [4.69, 9.17) is 4.98 Å². The zero-order chi connectivity index (χ0) is 18.9. The van der Waals surface area contributed by atoms with Crippen molar-refractivity contribution in [2.24, 2.45) is 0 Å². The molecule has 7 heteroatoms. The van der Waals surface area contributed by atoms with Crippen molar-refractivity contribution in [3.05, 3.63) is 76.1 Å². The van der Waals surface area contributed by atoms with Crippen LogP contribution in [0.3, 0.4) is 0 Å². The maximum Gasteiger partial charge on any atom is 0.169 e. The molecule has 4 nitrogen and oxygen atoms in total. The number of fused-ring (bicyclic) bond motifs is 1. The molecule has 0 amide bonds. The van der Waals surface area contributed by atoms with E-state index in [1.807, 2.05) is 18.5 Å². The van der Waals surface area contributed by atoms with Crippen molar-refractivity contribution in [2.75, 3.05) is 6.54 Å². The molecular formula is C21H17FN4S2. The number of nitrogens with zero attached hydrogens (tertiary/aromatic N) is 4. The number of hydrogen-bond donors (Lipinski definition) is 0. The van der Waals surface area contributed by atoms with E-state index in [0.717, 1.165) is 53.0 Å². The molecule has 1 aromatic carbocycles. The Morgan fingerprint density at radius 1 is 1.07 bits per heavy atom. The molecule has 3 aromatic heterocycles. The lowest BCUT2D eigenvalue weighted by molar-refractivity contribution is 0.245. The highest BCUT2D eigenvalue weighted by molar-refractivity contribution is 7.15. The zero-order valence-corrected chi connectivity index (χ0v) is 16.6. The van der Waals surface area contributed by atoms with Crippen molar-refractivity contribution in [2.45, 2.75) is 19.5 Å². The molecule has 0 radical (unpaired) electrons. The molecule has 0 N–H and O–H groups in total. The summed E-state index contributed by atoms with van der Waals surface area (Å²) in [5.41, 5.74) is 3.32. The maximum atomic E-state index is 13.1. The summed E-state index contributed by atoms with van der Waals surface area (Å²) in [6.07, 6.45) is 4.83. The molecular weight excluding hydrogens is 391 g/mol. The fourth-order valence-corrected chi connectivity index (χ4v) is 4.99. The summed E-state index contributed by atoms with van der Waals surface area (Å²) in [6, 6.07) is 10.6. The fraction of sp³-hybridized carbons (Fsp3) is 0.190. The molecule has 0 bridgehead atoms. The average molecular weight is 409 g/mol. The minimum Gasteiger partial charge on any atom is -0.293 e. The second-order valence-electron chi connectivity index (χ2n) is 6.74. The van der Waals surface area contributed by atoms with Crippen molar-refractivity contribution < 1.29 is 4.39 Å². The van der Waals surface area contributed by atoms with Crippen molar-refractivity contribution in [3.8, 4) is 21.3 Å². The minimum atomic E-state index is -0.225. The highest BCUT2D eigenvalue weighted by Crippen LogP contribution is 2.28. The molecule has 4 heterocycles. The SMILES string of the molecule is Fc1ccc(-c2ncc(CN3CCc4nc(-c5cccs5)ncc4C3)s2)cc1. The number of hydrogen-bond acceptors (Lipinski definition) is 6. The van der Waals surface area contributed by atoms with Gasteiger partial charge in [-0.25, -0.2) is 19.3 Å². The van der Waals surface area contributed by atoms with E-state index >= 15 is 0 Å². The molecule has 0 spiro atoms. The molecule has 4 aromatic rings. The minimum absolute atomic E-state index is 0.225. The molecule has 1 aliphatic rings. The number of thiazole rings is 1. The first-order valence-corrected chi connectivity index (χ1v) is 10.8. The number of halogens is 1. The Hall–Kier alpha value is -2.48. The van der Waals surface area contributed by atoms with Gasteiger partial charge in [0.05, 0.1) is 10.6 Å². The molecule has 5 rings (SSSR count). The molecule has 0 unspecified atom stereocenters. The van der Waals surface area contributed by atoms with Crippen molar-refractivity contribution in [1.29, 1.82) is 0 Å². The van der Waals surface area contributed by atoms with Crippen LogP contribution in [0.2, 0.25) is 0 Å². The van der Waals surface area contributed by atoms with Crippen LogP contribution >= 0.6 is 22.7 Å². The monoisotopic (exact) mass is 408 g/mol. The molecule has 28 heavy (non-hydrogen) atoms. The molecule has 140 valence electrons. The van der Waals surface area contributed by atoms with E-state index in [0.29, 0.717) is 0 Å². The Labute approximate surface area is 170 Å². The Balaban J connectivity index is 1.29. The Bertz CT molecular complexity index is 1090. The lowest BCUT2D eigenvalue weighted by Crippen LogP contribution is -2.30.